The van der Waals surface area contributed by atoms with Gasteiger partial charge in [0.1, 0.15) is 5.69 Å². The molecule has 0 saturated heterocycles. The first kappa shape index (κ1) is 14.8. The number of aryl methyl sites for hydroxylation is 1. The number of nitro benzene ring substituents is 1. The lowest BCUT2D eigenvalue weighted by atomic mass is 9.73. The fraction of sp³-hybridized carbons (Fsp3) is 0.600. The van der Waals surface area contributed by atoms with Crippen LogP contribution in [-0.4, -0.2) is 17.0 Å². The highest BCUT2D eigenvalue weighted by molar-refractivity contribution is 5.64. The maximum atomic E-state index is 11.2. The second kappa shape index (κ2) is 5.79. The lowest BCUT2D eigenvalue weighted by Gasteiger charge is -2.43. The SMILES string of the molecule is Cc1ccc(NC2(CN)CCCCC2C)c([N+](=O)[O-])c1. The molecule has 1 aliphatic rings. The molecule has 0 heterocycles. The van der Waals surface area contributed by atoms with Crippen LogP contribution >= 0.6 is 0 Å². The zero-order valence-corrected chi connectivity index (χ0v) is 12.2. The number of hydrogen-bond acceptors (Lipinski definition) is 4. The summed E-state index contributed by atoms with van der Waals surface area (Å²) in [6, 6.07) is 5.30. The first-order chi connectivity index (χ1) is 9.48. The third-order valence-electron chi connectivity index (χ3n) is 4.55. The highest BCUT2D eigenvalue weighted by atomic mass is 16.6. The first-order valence-electron chi connectivity index (χ1n) is 7.22. The van der Waals surface area contributed by atoms with Gasteiger partial charge in [0.15, 0.2) is 0 Å². The third-order valence-corrected chi connectivity index (χ3v) is 4.55. The quantitative estimate of drug-likeness (QED) is 0.654. The van der Waals surface area contributed by atoms with Crippen LogP contribution in [0.3, 0.4) is 0 Å². The van der Waals surface area contributed by atoms with Gasteiger partial charge in [0.25, 0.3) is 5.69 Å². The molecule has 1 fully saturated rings. The molecule has 1 aromatic carbocycles. The van der Waals surface area contributed by atoms with Gasteiger partial charge in [-0.1, -0.05) is 25.8 Å². The molecular formula is C15H23N3O2. The van der Waals surface area contributed by atoms with Crippen molar-refractivity contribution in [3.05, 3.63) is 33.9 Å². The molecule has 0 bridgehead atoms. The smallest absolute Gasteiger partial charge is 0.292 e. The number of hydrogen-bond donors (Lipinski definition) is 2. The summed E-state index contributed by atoms with van der Waals surface area (Å²) in [6.07, 6.45) is 4.41. The minimum Gasteiger partial charge on any atom is -0.373 e. The maximum absolute atomic E-state index is 11.2. The number of nitrogens with two attached hydrogens (primary N) is 1. The minimum absolute atomic E-state index is 0.135. The molecule has 0 amide bonds. The summed E-state index contributed by atoms with van der Waals surface area (Å²) in [5.74, 6) is 0.419. The van der Waals surface area contributed by atoms with Crippen LogP contribution in [0.2, 0.25) is 0 Å². The van der Waals surface area contributed by atoms with Gasteiger partial charge in [-0.3, -0.25) is 10.1 Å². The molecule has 110 valence electrons. The highest BCUT2D eigenvalue weighted by Crippen LogP contribution is 2.38. The van der Waals surface area contributed by atoms with Gasteiger partial charge in [-0.2, -0.15) is 0 Å². The molecule has 1 aromatic rings. The van der Waals surface area contributed by atoms with Crippen LogP contribution < -0.4 is 11.1 Å². The lowest BCUT2D eigenvalue weighted by Crippen LogP contribution is -2.52. The van der Waals surface area contributed by atoms with Crippen LogP contribution in [0.1, 0.15) is 38.2 Å². The summed E-state index contributed by atoms with van der Waals surface area (Å²) in [6.45, 7) is 4.54. The Hall–Kier alpha value is -1.62. The van der Waals surface area contributed by atoms with E-state index in [1.165, 1.54) is 6.42 Å². The molecule has 2 rings (SSSR count). The molecule has 2 unspecified atom stereocenters. The van der Waals surface area contributed by atoms with Gasteiger partial charge in [0.05, 0.1) is 10.5 Å². The van der Waals surface area contributed by atoms with E-state index < -0.39 is 0 Å². The fourth-order valence-electron chi connectivity index (χ4n) is 3.12. The van der Waals surface area contributed by atoms with E-state index in [4.69, 9.17) is 5.73 Å². The van der Waals surface area contributed by atoms with Crippen molar-refractivity contribution in [2.75, 3.05) is 11.9 Å². The van der Waals surface area contributed by atoms with Crippen molar-refractivity contribution in [2.24, 2.45) is 11.7 Å². The lowest BCUT2D eigenvalue weighted by molar-refractivity contribution is -0.384. The van der Waals surface area contributed by atoms with E-state index in [1.54, 1.807) is 12.1 Å². The van der Waals surface area contributed by atoms with Crippen molar-refractivity contribution < 1.29 is 4.92 Å². The molecule has 3 N–H and O–H groups in total. The Morgan fingerprint density at radius 1 is 1.50 bits per heavy atom. The van der Waals surface area contributed by atoms with Crippen molar-refractivity contribution in [1.29, 1.82) is 0 Å². The monoisotopic (exact) mass is 277 g/mol. The average Bonchev–Trinajstić information content (AvgIpc) is 2.43. The molecule has 0 spiro atoms. The summed E-state index contributed by atoms with van der Waals surface area (Å²) < 4.78 is 0. The molecule has 5 heteroatoms. The van der Waals surface area contributed by atoms with Crippen molar-refractivity contribution >= 4 is 11.4 Å². The topological polar surface area (TPSA) is 81.2 Å². The molecule has 1 saturated carbocycles. The van der Waals surface area contributed by atoms with Crippen LogP contribution in [0, 0.1) is 23.0 Å². The zero-order chi connectivity index (χ0) is 14.8. The number of rotatable bonds is 4. The van der Waals surface area contributed by atoms with Crippen LogP contribution in [0.25, 0.3) is 0 Å². The molecule has 20 heavy (non-hydrogen) atoms. The molecule has 5 nitrogen and oxygen atoms in total. The van der Waals surface area contributed by atoms with Crippen LogP contribution in [0.15, 0.2) is 18.2 Å². The predicted molar refractivity (Wildman–Crippen MR) is 80.9 cm³/mol. The van der Waals surface area contributed by atoms with E-state index in [0.717, 1.165) is 24.8 Å². The highest BCUT2D eigenvalue weighted by Gasteiger charge is 2.38. The van der Waals surface area contributed by atoms with E-state index in [1.807, 2.05) is 13.0 Å². The van der Waals surface area contributed by atoms with Gasteiger partial charge in [-0.25, -0.2) is 0 Å². The van der Waals surface area contributed by atoms with Gasteiger partial charge in [-0.05, 0) is 37.3 Å². The molecular weight excluding hydrogens is 254 g/mol. The molecule has 0 aromatic heterocycles. The number of benzene rings is 1. The number of nitrogens with one attached hydrogen (secondary N) is 1. The van der Waals surface area contributed by atoms with Crippen molar-refractivity contribution in [3.63, 3.8) is 0 Å². The molecule has 1 aliphatic carbocycles. The van der Waals surface area contributed by atoms with Gasteiger partial charge >= 0.3 is 0 Å². The van der Waals surface area contributed by atoms with E-state index in [0.29, 0.717) is 18.2 Å². The predicted octanol–water partition coefficient (Wildman–Crippen LogP) is 3.22. The summed E-state index contributed by atoms with van der Waals surface area (Å²) in [7, 11) is 0. The third kappa shape index (κ3) is 2.77. The summed E-state index contributed by atoms with van der Waals surface area (Å²) >= 11 is 0. The second-order valence-corrected chi connectivity index (χ2v) is 5.91. The van der Waals surface area contributed by atoms with E-state index in [2.05, 4.69) is 12.2 Å². The Labute approximate surface area is 119 Å². The molecule has 0 radical (unpaired) electrons. The maximum Gasteiger partial charge on any atom is 0.292 e. The number of anilines is 1. The standard InChI is InChI=1S/C15H23N3O2/c1-11-6-7-13(14(9-11)18(19)20)17-15(10-16)8-4-3-5-12(15)2/h6-7,9,12,17H,3-5,8,10,16H2,1-2H3. The van der Waals surface area contributed by atoms with Crippen LogP contribution in [-0.2, 0) is 0 Å². The van der Waals surface area contributed by atoms with Gasteiger partial charge in [0.2, 0.25) is 0 Å². The van der Waals surface area contributed by atoms with Gasteiger partial charge < -0.3 is 11.1 Å². The molecule has 2 atom stereocenters. The first-order valence-corrected chi connectivity index (χ1v) is 7.22. The Morgan fingerprint density at radius 3 is 2.85 bits per heavy atom. The summed E-state index contributed by atoms with van der Waals surface area (Å²) in [4.78, 5) is 10.9. The van der Waals surface area contributed by atoms with E-state index >= 15 is 0 Å². The van der Waals surface area contributed by atoms with Crippen molar-refractivity contribution in [3.8, 4) is 0 Å². The second-order valence-electron chi connectivity index (χ2n) is 5.91. The van der Waals surface area contributed by atoms with Gasteiger partial charge in [0, 0.05) is 12.6 Å². The fourth-order valence-corrected chi connectivity index (χ4v) is 3.12. The summed E-state index contributed by atoms with van der Waals surface area (Å²) in [5, 5.41) is 14.6. The van der Waals surface area contributed by atoms with Crippen LogP contribution in [0.4, 0.5) is 11.4 Å². The average molecular weight is 277 g/mol. The van der Waals surface area contributed by atoms with Crippen LogP contribution in [0.5, 0.6) is 0 Å². The number of nitrogens with zero attached hydrogens (tertiary/aromatic N) is 1. The number of nitro groups is 1. The zero-order valence-electron chi connectivity index (χ0n) is 12.2. The minimum atomic E-state index is -0.326. The Bertz CT molecular complexity index is 504. The van der Waals surface area contributed by atoms with E-state index in [9.17, 15) is 10.1 Å². The Morgan fingerprint density at radius 2 is 2.25 bits per heavy atom. The normalized spacial score (nSPS) is 26.2. The Kier molecular flexibility index (Phi) is 4.28. The van der Waals surface area contributed by atoms with Crippen molar-refractivity contribution in [1.82, 2.24) is 0 Å². The van der Waals surface area contributed by atoms with Gasteiger partial charge in [-0.15, -0.1) is 0 Å². The summed E-state index contributed by atoms with van der Waals surface area (Å²) in [5.41, 5.74) is 7.38. The van der Waals surface area contributed by atoms with E-state index in [-0.39, 0.29) is 16.1 Å². The van der Waals surface area contributed by atoms with Crippen molar-refractivity contribution in [2.45, 2.75) is 45.1 Å². The molecule has 0 aliphatic heterocycles. The Balaban J connectivity index is 2.34. The largest absolute Gasteiger partial charge is 0.373 e.